The highest BCUT2D eigenvalue weighted by atomic mass is 32.2. The zero-order valence-corrected chi connectivity index (χ0v) is 15.9. The molecule has 2 N–H and O–H groups in total. The van der Waals surface area contributed by atoms with Crippen molar-refractivity contribution in [1.29, 1.82) is 0 Å². The van der Waals surface area contributed by atoms with Gasteiger partial charge in [-0.3, -0.25) is 4.79 Å². The first-order valence-electron chi connectivity index (χ1n) is 7.84. The summed E-state index contributed by atoms with van der Waals surface area (Å²) in [6.07, 6.45) is 0.749. The van der Waals surface area contributed by atoms with Crippen molar-refractivity contribution < 1.29 is 17.9 Å². The number of hydrogen-bond donors (Lipinski definition) is 2. The molecule has 0 unspecified atom stereocenters. The van der Waals surface area contributed by atoms with E-state index in [0.717, 1.165) is 12.0 Å². The van der Waals surface area contributed by atoms with Gasteiger partial charge >= 0.3 is 0 Å². The molecule has 0 atom stereocenters. The van der Waals surface area contributed by atoms with Crippen LogP contribution in [0.3, 0.4) is 0 Å². The number of thiophene rings is 1. The van der Waals surface area contributed by atoms with Gasteiger partial charge in [-0.2, -0.15) is 0 Å². The van der Waals surface area contributed by atoms with Crippen LogP contribution >= 0.6 is 11.3 Å². The van der Waals surface area contributed by atoms with Gasteiger partial charge in [-0.05, 0) is 42.5 Å². The van der Waals surface area contributed by atoms with E-state index in [1.165, 1.54) is 24.1 Å². The number of amides is 1. The summed E-state index contributed by atoms with van der Waals surface area (Å²) in [5.41, 5.74) is 1.09. The van der Waals surface area contributed by atoms with Crippen LogP contribution in [0.2, 0.25) is 0 Å². The van der Waals surface area contributed by atoms with Crippen molar-refractivity contribution in [2.75, 3.05) is 26.8 Å². The van der Waals surface area contributed by atoms with Crippen molar-refractivity contribution in [2.45, 2.75) is 18.2 Å². The third kappa shape index (κ3) is 5.64. The molecule has 2 aromatic rings. The average Bonchev–Trinajstić information content (AvgIpc) is 3.08. The number of hydrogen-bond acceptors (Lipinski definition) is 5. The lowest BCUT2D eigenvalue weighted by Crippen LogP contribution is -2.29. The van der Waals surface area contributed by atoms with Crippen LogP contribution in [0, 0.1) is 6.92 Å². The van der Waals surface area contributed by atoms with Crippen LogP contribution in [0.25, 0.3) is 0 Å². The summed E-state index contributed by atoms with van der Waals surface area (Å²) in [5, 5.41) is 4.83. The lowest BCUT2D eigenvalue weighted by atomic mass is 10.1. The Balaban J connectivity index is 2.05. The van der Waals surface area contributed by atoms with E-state index in [9.17, 15) is 13.2 Å². The molecule has 2 rings (SSSR count). The molecule has 6 nitrogen and oxygen atoms in total. The van der Waals surface area contributed by atoms with Crippen LogP contribution in [0.4, 0.5) is 0 Å². The topological polar surface area (TPSA) is 84.5 Å². The summed E-state index contributed by atoms with van der Waals surface area (Å²) in [4.78, 5) is 13.6. The number of ether oxygens (including phenoxy) is 1. The predicted molar refractivity (Wildman–Crippen MR) is 98.6 cm³/mol. The fourth-order valence-corrected chi connectivity index (χ4v) is 3.97. The van der Waals surface area contributed by atoms with Gasteiger partial charge in [-0.1, -0.05) is 12.1 Å². The van der Waals surface area contributed by atoms with Gasteiger partial charge in [0.15, 0.2) is 0 Å². The second kappa shape index (κ2) is 9.10. The van der Waals surface area contributed by atoms with E-state index in [2.05, 4.69) is 10.0 Å². The standard InChI is InChI=1S/C17H22N2O4S2/c1-13-5-6-15(25(21,22)19-9-10-23-2)12-16(13)17(20)18-8-7-14-4-3-11-24-14/h3-6,11-12,19H,7-10H2,1-2H3,(H,18,20). The van der Waals surface area contributed by atoms with Crippen molar-refractivity contribution in [3.05, 3.63) is 51.7 Å². The number of sulfonamides is 1. The number of aryl methyl sites for hydroxylation is 1. The molecule has 1 aromatic carbocycles. The van der Waals surface area contributed by atoms with Gasteiger partial charge in [0.1, 0.15) is 0 Å². The Kier molecular flexibility index (Phi) is 7.12. The maximum absolute atomic E-state index is 12.4. The zero-order valence-electron chi connectivity index (χ0n) is 14.2. The summed E-state index contributed by atoms with van der Waals surface area (Å²) in [6.45, 7) is 2.74. The molecule has 0 fully saturated rings. The van der Waals surface area contributed by atoms with E-state index in [0.29, 0.717) is 12.1 Å². The number of nitrogens with one attached hydrogen (secondary N) is 2. The molecule has 25 heavy (non-hydrogen) atoms. The van der Waals surface area contributed by atoms with E-state index in [1.807, 2.05) is 17.5 Å². The third-order valence-corrected chi connectivity index (χ3v) is 5.99. The molecule has 1 aromatic heterocycles. The van der Waals surface area contributed by atoms with Crippen molar-refractivity contribution in [3.8, 4) is 0 Å². The molecule has 0 radical (unpaired) electrons. The summed E-state index contributed by atoms with van der Waals surface area (Å²) in [6, 6.07) is 8.52. The Hall–Kier alpha value is -1.74. The highest BCUT2D eigenvalue weighted by molar-refractivity contribution is 7.89. The second-order valence-electron chi connectivity index (χ2n) is 5.45. The molecule has 0 aliphatic carbocycles. The van der Waals surface area contributed by atoms with Gasteiger partial charge in [0.05, 0.1) is 11.5 Å². The molecule has 0 spiro atoms. The third-order valence-electron chi connectivity index (χ3n) is 3.60. The summed E-state index contributed by atoms with van der Waals surface area (Å²) in [5.74, 6) is -0.275. The Morgan fingerprint density at radius 2 is 2.04 bits per heavy atom. The molecule has 0 aliphatic heterocycles. The van der Waals surface area contributed by atoms with Crippen molar-refractivity contribution >= 4 is 27.3 Å². The number of carbonyl (C=O) groups is 1. The predicted octanol–water partition coefficient (Wildman–Crippen LogP) is 1.95. The quantitative estimate of drug-likeness (QED) is 0.649. The van der Waals surface area contributed by atoms with Crippen molar-refractivity contribution in [3.63, 3.8) is 0 Å². The van der Waals surface area contributed by atoms with Gasteiger partial charge in [-0.15, -0.1) is 11.3 Å². The molecule has 1 amide bonds. The Bertz CT molecular complexity index is 802. The zero-order chi connectivity index (χ0) is 18.3. The monoisotopic (exact) mass is 382 g/mol. The summed E-state index contributed by atoms with van der Waals surface area (Å²) in [7, 11) is -2.17. The Morgan fingerprint density at radius 1 is 1.24 bits per heavy atom. The number of carbonyl (C=O) groups excluding carboxylic acids is 1. The molecule has 0 aliphatic rings. The van der Waals surface area contributed by atoms with Crippen molar-refractivity contribution in [1.82, 2.24) is 10.0 Å². The van der Waals surface area contributed by atoms with Crippen LogP contribution in [-0.4, -0.2) is 41.1 Å². The average molecular weight is 383 g/mol. The van der Waals surface area contributed by atoms with Crippen LogP contribution in [0.15, 0.2) is 40.6 Å². The van der Waals surface area contributed by atoms with Gasteiger partial charge in [0.2, 0.25) is 10.0 Å². The van der Waals surface area contributed by atoms with Crippen LogP contribution in [0.5, 0.6) is 0 Å². The van der Waals surface area contributed by atoms with Crippen LogP contribution in [-0.2, 0) is 21.2 Å². The first-order valence-corrected chi connectivity index (χ1v) is 10.2. The van der Waals surface area contributed by atoms with E-state index in [-0.39, 0.29) is 24.0 Å². The number of methoxy groups -OCH3 is 1. The van der Waals surface area contributed by atoms with E-state index < -0.39 is 10.0 Å². The highest BCUT2D eigenvalue weighted by Crippen LogP contribution is 2.16. The Morgan fingerprint density at radius 3 is 2.72 bits per heavy atom. The van der Waals surface area contributed by atoms with Gasteiger partial charge < -0.3 is 10.1 Å². The number of benzene rings is 1. The second-order valence-corrected chi connectivity index (χ2v) is 8.25. The minimum Gasteiger partial charge on any atom is -0.383 e. The minimum absolute atomic E-state index is 0.0672. The van der Waals surface area contributed by atoms with E-state index in [1.54, 1.807) is 24.3 Å². The maximum atomic E-state index is 12.4. The summed E-state index contributed by atoms with van der Waals surface area (Å²) < 4.78 is 31.8. The molecule has 0 saturated carbocycles. The molecule has 0 bridgehead atoms. The SMILES string of the molecule is COCCNS(=O)(=O)c1ccc(C)c(C(=O)NCCc2cccs2)c1. The van der Waals surface area contributed by atoms with Crippen molar-refractivity contribution in [2.24, 2.45) is 0 Å². The van der Waals surface area contributed by atoms with Gasteiger partial charge in [-0.25, -0.2) is 13.1 Å². The first-order chi connectivity index (χ1) is 11.9. The fraction of sp³-hybridized carbons (Fsp3) is 0.353. The molecule has 136 valence electrons. The van der Waals surface area contributed by atoms with Crippen LogP contribution in [0.1, 0.15) is 20.8 Å². The maximum Gasteiger partial charge on any atom is 0.251 e. The molecule has 1 heterocycles. The highest BCUT2D eigenvalue weighted by Gasteiger charge is 2.17. The Labute approximate surface area is 152 Å². The first kappa shape index (κ1) is 19.6. The van der Waals surface area contributed by atoms with Crippen LogP contribution < -0.4 is 10.0 Å². The van der Waals surface area contributed by atoms with E-state index in [4.69, 9.17) is 4.74 Å². The molecule has 8 heteroatoms. The molecule has 0 saturated heterocycles. The largest absolute Gasteiger partial charge is 0.383 e. The lowest BCUT2D eigenvalue weighted by Gasteiger charge is -2.11. The van der Waals surface area contributed by atoms with Gasteiger partial charge in [0.25, 0.3) is 5.91 Å². The smallest absolute Gasteiger partial charge is 0.251 e. The number of rotatable bonds is 9. The fourth-order valence-electron chi connectivity index (χ4n) is 2.22. The molecular weight excluding hydrogens is 360 g/mol. The van der Waals surface area contributed by atoms with Gasteiger partial charge in [0, 0.05) is 30.6 Å². The minimum atomic E-state index is -3.67. The normalized spacial score (nSPS) is 11.4. The lowest BCUT2D eigenvalue weighted by molar-refractivity contribution is 0.0953. The summed E-state index contributed by atoms with van der Waals surface area (Å²) >= 11 is 1.64. The molecular formula is C17H22N2O4S2. The van der Waals surface area contributed by atoms with E-state index >= 15 is 0 Å².